The zero-order valence-electron chi connectivity index (χ0n) is 13.2. The van der Waals surface area contributed by atoms with Gasteiger partial charge in [0.05, 0.1) is 0 Å². The zero-order chi connectivity index (χ0) is 17.3. The van der Waals surface area contributed by atoms with Gasteiger partial charge in [0, 0.05) is 0 Å². The van der Waals surface area contributed by atoms with E-state index in [0.717, 1.165) is 12.0 Å². The Kier molecular flexibility index (Phi) is 5.41. The van der Waals surface area contributed by atoms with E-state index in [1.807, 2.05) is 0 Å². The van der Waals surface area contributed by atoms with Crippen molar-refractivity contribution in [1.82, 2.24) is 0 Å². The summed E-state index contributed by atoms with van der Waals surface area (Å²) in [5.41, 5.74) is -2.78. The fourth-order valence-corrected chi connectivity index (χ4v) is 4.68. The quantitative estimate of drug-likeness (QED) is 0.294. The summed E-state index contributed by atoms with van der Waals surface area (Å²) in [5.74, 6) is -2.72. The van der Waals surface area contributed by atoms with Gasteiger partial charge in [-0.3, -0.25) is 0 Å². The molecule has 0 nitrogen and oxygen atoms in total. The van der Waals surface area contributed by atoms with Crippen LogP contribution in [0.1, 0.15) is 64.2 Å². The van der Waals surface area contributed by atoms with Crippen LogP contribution in [-0.2, 0) is 0 Å². The largest absolute Gasteiger partial charge is 0.403 e. The molecule has 2 rings (SSSR count). The zero-order valence-corrected chi connectivity index (χ0v) is 13.2. The van der Waals surface area contributed by atoms with Gasteiger partial charge in [-0.1, -0.05) is 31.4 Å². The molecule has 0 bridgehead atoms. The summed E-state index contributed by atoms with van der Waals surface area (Å²) in [6.45, 7) is 3.77. The molecule has 0 N–H and O–H groups in total. The molecule has 0 saturated heterocycles. The Morgan fingerprint density at radius 1 is 0.652 bits per heavy atom. The highest BCUT2D eigenvalue weighted by atomic mass is 19.4. The molecule has 1 unspecified atom stereocenters. The molecular formula is C17H24F6. The van der Waals surface area contributed by atoms with E-state index in [1.54, 1.807) is 0 Å². The van der Waals surface area contributed by atoms with E-state index in [4.69, 9.17) is 0 Å². The highest BCUT2D eigenvalue weighted by Crippen LogP contribution is 2.64. The molecule has 0 spiro atoms. The van der Waals surface area contributed by atoms with Gasteiger partial charge < -0.3 is 0 Å². The first-order chi connectivity index (χ1) is 10.6. The van der Waals surface area contributed by atoms with Gasteiger partial charge in [-0.05, 0) is 56.8 Å². The number of halogens is 6. The molecule has 2 fully saturated rings. The molecule has 0 aromatic rings. The van der Waals surface area contributed by atoms with Crippen molar-refractivity contribution in [3.05, 3.63) is 12.2 Å². The van der Waals surface area contributed by atoms with Crippen LogP contribution in [0.25, 0.3) is 0 Å². The van der Waals surface area contributed by atoms with E-state index in [9.17, 15) is 26.3 Å². The maximum absolute atomic E-state index is 13.9. The number of hydrogen-bond donors (Lipinski definition) is 0. The van der Waals surface area contributed by atoms with Crippen LogP contribution in [0.5, 0.6) is 0 Å². The van der Waals surface area contributed by atoms with Crippen molar-refractivity contribution in [1.29, 1.82) is 0 Å². The third kappa shape index (κ3) is 3.41. The fourth-order valence-electron chi connectivity index (χ4n) is 4.68. The first-order valence-corrected chi connectivity index (χ1v) is 8.40. The maximum atomic E-state index is 13.9. The summed E-state index contributed by atoms with van der Waals surface area (Å²) in [5, 5.41) is 0. The summed E-state index contributed by atoms with van der Waals surface area (Å²) in [6.07, 6.45) is -7.74. The van der Waals surface area contributed by atoms with Gasteiger partial charge in [-0.25, -0.2) is 0 Å². The van der Waals surface area contributed by atoms with E-state index >= 15 is 0 Å². The van der Waals surface area contributed by atoms with Crippen molar-refractivity contribution in [2.24, 2.45) is 17.3 Å². The van der Waals surface area contributed by atoms with Crippen LogP contribution in [0.3, 0.4) is 0 Å². The third-order valence-electron chi connectivity index (χ3n) is 5.76. The van der Waals surface area contributed by atoms with Crippen molar-refractivity contribution in [2.45, 2.75) is 76.6 Å². The molecule has 1 atom stereocenters. The van der Waals surface area contributed by atoms with E-state index in [-0.39, 0.29) is 32.1 Å². The van der Waals surface area contributed by atoms with Crippen molar-refractivity contribution < 1.29 is 26.3 Å². The Morgan fingerprint density at radius 3 is 1.65 bits per heavy atom. The minimum Gasteiger partial charge on any atom is -0.170 e. The number of rotatable bonds is 2. The molecule has 2 aliphatic carbocycles. The van der Waals surface area contributed by atoms with Crippen LogP contribution in [0.2, 0.25) is 0 Å². The predicted molar refractivity (Wildman–Crippen MR) is 76.8 cm³/mol. The van der Waals surface area contributed by atoms with E-state index < -0.39 is 29.6 Å². The Balaban J connectivity index is 2.49. The van der Waals surface area contributed by atoms with Crippen molar-refractivity contribution in [3.63, 3.8) is 0 Å². The lowest BCUT2D eigenvalue weighted by atomic mass is 9.59. The Morgan fingerprint density at radius 2 is 1.13 bits per heavy atom. The molecular weight excluding hydrogens is 318 g/mol. The van der Waals surface area contributed by atoms with Crippen LogP contribution < -0.4 is 0 Å². The summed E-state index contributed by atoms with van der Waals surface area (Å²) in [7, 11) is 0. The average molecular weight is 342 g/mol. The summed E-state index contributed by atoms with van der Waals surface area (Å²) in [4.78, 5) is 0. The second kappa shape index (κ2) is 6.67. The highest BCUT2D eigenvalue weighted by Gasteiger charge is 2.75. The van der Waals surface area contributed by atoms with Crippen LogP contribution in [0.15, 0.2) is 12.2 Å². The molecule has 0 aromatic heterocycles. The predicted octanol–water partition coefficient (Wildman–Crippen LogP) is 6.81. The van der Waals surface area contributed by atoms with Gasteiger partial charge in [-0.2, -0.15) is 26.3 Å². The highest BCUT2D eigenvalue weighted by molar-refractivity contribution is 5.06. The minimum absolute atomic E-state index is 0.0193. The normalized spacial score (nSPS) is 26.2. The second-order valence-corrected chi connectivity index (χ2v) is 7.08. The fraction of sp³-hybridized carbons (Fsp3) is 0.882. The number of hydrogen-bond acceptors (Lipinski definition) is 0. The van der Waals surface area contributed by atoms with Gasteiger partial charge in [0.1, 0.15) is 0 Å². The number of allylic oxidation sites excluding steroid dienone is 1. The van der Waals surface area contributed by atoms with Crippen LogP contribution in [-0.4, -0.2) is 12.4 Å². The van der Waals surface area contributed by atoms with E-state index in [1.165, 1.54) is 0 Å². The smallest absolute Gasteiger partial charge is 0.170 e. The van der Waals surface area contributed by atoms with Crippen LogP contribution >= 0.6 is 0 Å². The third-order valence-corrected chi connectivity index (χ3v) is 5.76. The molecule has 2 aliphatic rings. The lowest BCUT2D eigenvalue weighted by molar-refractivity contribution is -0.380. The first-order valence-electron chi connectivity index (χ1n) is 8.40. The summed E-state index contributed by atoms with van der Waals surface area (Å²) < 4.78 is 83.6. The van der Waals surface area contributed by atoms with E-state index in [0.29, 0.717) is 25.7 Å². The molecule has 0 heterocycles. The Bertz CT molecular complexity index is 400. The van der Waals surface area contributed by atoms with Crippen molar-refractivity contribution >= 4 is 0 Å². The lowest BCUT2D eigenvalue weighted by Crippen LogP contribution is -2.59. The average Bonchev–Trinajstić information content (AvgIpc) is 2.63. The van der Waals surface area contributed by atoms with Gasteiger partial charge >= 0.3 is 12.4 Å². The molecule has 0 amide bonds. The molecule has 6 heteroatoms. The van der Waals surface area contributed by atoms with Gasteiger partial charge in [0.25, 0.3) is 0 Å². The standard InChI is InChI=1S/C17H24F6/c1-12-6-5-9-14(11-10-12)15(16(18,19)20,17(21,22)23)13-7-3-2-4-8-13/h13-14H,1-11H2. The van der Waals surface area contributed by atoms with Crippen molar-refractivity contribution in [2.75, 3.05) is 0 Å². The van der Waals surface area contributed by atoms with Gasteiger partial charge in [0.15, 0.2) is 5.41 Å². The first kappa shape index (κ1) is 18.7. The molecule has 2 saturated carbocycles. The summed E-state index contributed by atoms with van der Waals surface area (Å²) >= 11 is 0. The molecule has 0 aliphatic heterocycles. The molecule has 0 radical (unpaired) electrons. The topological polar surface area (TPSA) is 0 Å². The van der Waals surface area contributed by atoms with Gasteiger partial charge in [0.2, 0.25) is 0 Å². The maximum Gasteiger partial charge on any atom is 0.403 e. The molecule has 134 valence electrons. The second-order valence-electron chi connectivity index (χ2n) is 7.08. The minimum atomic E-state index is -5.26. The lowest BCUT2D eigenvalue weighted by Gasteiger charge is -2.49. The Hall–Kier alpha value is -0.680. The summed E-state index contributed by atoms with van der Waals surface area (Å²) in [6, 6.07) is 0. The monoisotopic (exact) mass is 342 g/mol. The molecule has 23 heavy (non-hydrogen) atoms. The SMILES string of the molecule is C=C1CCCC(C(C2CCCCC2)(C(F)(F)F)C(F)(F)F)CC1. The van der Waals surface area contributed by atoms with Gasteiger partial charge in [-0.15, -0.1) is 0 Å². The Labute approximate surface area is 133 Å². The van der Waals surface area contributed by atoms with Crippen LogP contribution in [0.4, 0.5) is 26.3 Å². The molecule has 0 aromatic carbocycles. The van der Waals surface area contributed by atoms with Crippen molar-refractivity contribution in [3.8, 4) is 0 Å². The van der Waals surface area contributed by atoms with E-state index in [2.05, 4.69) is 6.58 Å². The van der Waals surface area contributed by atoms with Crippen LogP contribution in [0, 0.1) is 17.3 Å². The number of alkyl halides is 6.